The Morgan fingerprint density at radius 2 is 1.64 bits per heavy atom. The van der Waals surface area contributed by atoms with E-state index in [1.165, 1.54) is 25.2 Å². The van der Waals surface area contributed by atoms with Crippen LogP contribution in [0.15, 0.2) is 42.5 Å². The van der Waals surface area contributed by atoms with Gasteiger partial charge < -0.3 is 21.3 Å². The fraction of sp³-hybridized carbons (Fsp3) is 0.545. The van der Waals surface area contributed by atoms with E-state index in [-0.39, 0.29) is 36.6 Å². The average Bonchev–Trinajstić information content (AvgIpc) is 3.02. The van der Waals surface area contributed by atoms with Crippen molar-refractivity contribution in [1.82, 2.24) is 20.4 Å². The summed E-state index contributed by atoms with van der Waals surface area (Å²) in [6, 6.07) is 7.68. The first-order valence-electron chi connectivity index (χ1n) is 15.6. The number of amides is 3. The minimum absolute atomic E-state index is 0.172. The molecule has 2 aromatic carbocycles. The molecule has 4 N–H and O–H groups in total. The molecule has 2 aromatic rings. The van der Waals surface area contributed by atoms with Gasteiger partial charge in [-0.1, -0.05) is 50.8 Å². The first kappa shape index (κ1) is 33.5. The summed E-state index contributed by atoms with van der Waals surface area (Å²) < 4.78 is 41.1. The van der Waals surface area contributed by atoms with Crippen molar-refractivity contribution in [2.75, 3.05) is 26.7 Å². The Morgan fingerprint density at radius 3 is 2.27 bits per heavy atom. The Morgan fingerprint density at radius 1 is 0.955 bits per heavy atom. The van der Waals surface area contributed by atoms with Crippen LogP contribution in [0.5, 0.6) is 0 Å². The number of likely N-dealkylation sites (N-methyl/N-ethyl adjacent to an activating group) is 1. The topological polar surface area (TPSA) is 108 Å². The van der Waals surface area contributed by atoms with Gasteiger partial charge in [0.05, 0.1) is 11.6 Å². The molecule has 44 heavy (non-hydrogen) atoms. The molecule has 11 heteroatoms. The maximum atomic E-state index is 14.2. The molecule has 1 heterocycles. The minimum atomic E-state index is -1.04. The monoisotopic (exact) mass is 615 g/mol. The maximum absolute atomic E-state index is 14.2. The third-order valence-electron chi connectivity index (χ3n) is 8.98. The number of nitrogens with two attached hydrogens (primary N) is 1. The summed E-state index contributed by atoms with van der Waals surface area (Å²) in [5, 5.41) is 5.64. The highest BCUT2D eigenvalue weighted by Gasteiger charge is 2.41. The Bertz CT molecular complexity index is 1300. The van der Waals surface area contributed by atoms with Crippen LogP contribution in [0.2, 0.25) is 0 Å². The molecule has 8 nitrogen and oxygen atoms in total. The minimum Gasteiger partial charge on any atom is -0.358 e. The van der Waals surface area contributed by atoms with Crippen molar-refractivity contribution in [3.63, 3.8) is 0 Å². The number of nitrogens with zero attached hydrogens (tertiary/aromatic N) is 2. The molecule has 4 rings (SSSR count). The van der Waals surface area contributed by atoms with E-state index in [0.29, 0.717) is 50.0 Å². The molecule has 0 bridgehead atoms. The molecule has 0 spiro atoms. The number of halogens is 3. The lowest BCUT2D eigenvalue weighted by atomic mass is 9.81. The molecule has 1 aliphatic carbocycles. The molecular weight excluding hydrogens is 571 g/mol. The molecule has 2 fully saturated rings. The third kappa shape index (κ3) is 8.18. The van der Waals surface area contributed by atoms with Gasteiger partial charge in [0.1, 0.15) is 11.9 Å². The zero-order valence-electron chi connectivity index (χ0n) is 25.6. The van der Waals surface area contributed by atoms with Crippen LogP contribution in [-0.4, -0.2) is 77.9 Å². The van der Waals surface area contributed by atoms with Gasteiger partial charge >= 0.3 is 0 Å². The number of carbonyl (C=O) groups excluding carboxylic acids is 3. The van der Waals surface area contributed by atoms with Gasteiger partial charge in [0.25, 0.3) is 0 Å². The summed E-state index contributed by atoms with van der Waals surface area (Å²) in [4.78, 5) is 44.4. The van der Waals surface area contributed by atoms with E-state index in [0.717, 1.165) is 37.8 Å². The fourth-order valence-electron chi connectivity index (χ4n) is 6.45. The van der Waals surface area contributed by atoms with Gasteiger partial charge in [-0.2, -0.15) is 0 Å². The van der Waals surface area contributed by atoms with E-state index in [9.17, 15) is 27.6 Å². The SMILES string of the molecule is CCCC1CN(C(Cc2ccc(F)c(F)c2)C(=O)NC)CCN1C(=O)C(Cc1ccc(F)cc1)NC(=O)C1(N)CCCCC1. The van der Waals surface area contributed by atoms with Gasteiger partial charge in [-0.05, 0) is 61.1 Å². The number of rotatable bonds is 11. The average molecular weight is 616 g/mol. The molecule has 2 aliphatic rings. The molecule has 240 valence electrons. The molecule has 0 aromatic heterocycles. The molecule has 3 unspecified atom stereocenters. The van der Waals surface area contributed by atoms with E-state index in [1.807, 2.05) is 11.8 Å². The van der Waals surface area contributed by atoms with Crippen molar-refractivity contribution < 1.29 is 27.6 Å². The molecule has 1 saturated heterocycles. The summed E-state index contributed by atoms with van der Waals surface area (Å²) in [5.41, 5.74) is 6.67. The first-order chi connectivity index (χ1) is 21.0. The van der Waals surface area contributed by atoms with Crippen molar-refractivity contribution in [3.8, 4) is 0 Å². The van der Waals surface area contributed by atoms with Crippen LogP contribution in [0.3, 0.4) is 0 Å². The van der Waals surface area contributed by atoms with E-state index < -0.39 is 35.1 Å². The van der Waals surface area contributed by atoms with E-state index >= 15 is 0 Å². The summed E-state index contributed by atoms with van der Waals surface area (Å²) in [6.45, 7) is 3.07. The molecular formula is C33H44F3N5O3. The van der Waals surface area contributed by atoms with Crippen molar-refractivity contribution in [3.05, 3.63) is 71.0 Å². The number of hydrogen-bond donors (Lipinski definition) is 3. The predicted molar refractivity (Wildman–Crippen MR) is 162 cm³/mol. The lowest BCUT2D eigenvalue weighted by Crippen LogP contribution is -2.64. The van der Waals surface area contributed by atoms with Crippen molar-refractivity contribution in [2.45, 2.75) is 88.4 Å². The van der Waals surface area contributed by atoms with E-state index in [1.54, 1.807) is 17.0 Å². The second kappa shape index (κ2) is 15.0. The molecule has 3 atom stereocenters. The second-order valence-corrected chi connectivity index (χ2v) is 12.1. The van der Waals surface area contributed by atoms with Gasteiger partial charge in [0.15, 0.2) is 11.6 Å². The first-order valence-corrected chi connectivity index (χ1v) is 15.6. The number of benzene rings is 2. The highest BCUT2D eigenvalue weighted by Crippen LogP contribution is 2.27. The third-order valence-corrected chi connectivity index (χ3v) is 8.98. The molecule has 1 aliphatic heterocycles. The van der Waals surface area contributed by atoms with Crippen LogP contribution in [0.1, 0.15) is 63.0 Å². The highest BCUT2D eigenvalue weighted by atomic mass is 19.2. The molecule has 1 saturated carbocycles. The zero-order valence-corrected chi connectivity index (χ0v) is 25.6. The molecule has 0 radical (unpaired) electrons. The van der Waals surface area contributed by atoms with Crippen LogP contribution < -0.4 is 16.4 Å². The summed E-state index contributed by atoms with van der Waals surface area (Å²) in [5.74, 6) is -3.18. The number of nitrogens with one attached hydrogen (secondary N) is 2. The maximum Gasteiger partial charge on any atom is 0.245 e. The second-order valence-electron chi connectivity index (χ2n) is 12.1. The Labute approximate surface area is 257 Å². The summed E-state index contributed by atoms with van der Waals surface area (Å²) in [6.07, 6.45) is 5.58. The summed E-state index contributed by atoms with van der Waals surface area (Å²) in [7, 11) is 1.53. The van der Waals surface area contributed by atoms with Gasteiger partial charge in [-0.25, -0.2) is 13.2 Å². The Balaban J connectivity index is 1.55. The smallest absolute Gasteiger partial charge is 0.245 e. The predicted octanol–water partition coefficient (Wildman–Crippen LogP) is 3.46. The number of hydrogen-bond acceptors (Lipinski definition) is 5. The van der Waals surface area contributed by atoms with Gasteiger partial charge in [0.2, 0.25) is 17.7 Å². The van der Waals surface area contributed by atoms with Crippen LogP contribution in [0, 0.1) is 17.5 Å². The van der Waals surface area contributed by atoms with Gasteiger partial charge in [-0.15, -0.1) is 0 Å². The molecule has 3 amide bonds. The van der Waals surface area contributed by atoms with E-state index in [2.05, 4.69) is 10.6 Å². The Hall–Kier alpha value is -3.44. The van der Waals surface area contributed by atoms with Crippen LogP contribution in [0.4, 0.5) is 13.2 Å². The van der Waals surface area contributed by atoms with Gasteiger partial charge in [-0.3, -0.25) is 19.3 Å². The van der Waals surface area contributed by atoms with Crippen molar-refractivity contribution >= 4 is 17.7 Å². The normalized spacial score (nSPS) is 20.0. The van der Waals surface area contributed by atoms with Crippen LogP contribution in [-0.2, 0) is 27.2 Å². The largest absolute Gasteiger partial charge is 0.358 e. The van der Waals surface area contributed by atoms with Gasteiger partial charge in [0, 0.05) is 39.1 Å². The number of carbonyl (C=O) groups is 3. The lowest BCUT2D eigenvalue weighted by Gasteiger charge is -2.45. The van der Waals surface area contributed by atoms with E-state index in [4.69, 9.17) is 5.73 Å². The quantitative estimate of drug-likeness (QED) is 0.359. The van der Waals surface area contributed by atoms with Crippen molar-refractivity contribution in [2.24, 2.45) is 5.73 Å². The number of piperazine rings is 1. The van der Waals surface area contributed by atoms with Crippen LogP contribution >= 0.6 is 0 Å². The highest BCUT2D eigenvalue weighted by molar-refractivity contribution is 5.92. The standard InChI is InChI=1S/C33H44F3N5O3/c1-3-7-25-21-40(29(30(42)38-2)20-23-10-13-26(35)27(36)18-23)16-17-41(25)31(43)28(19-22-8-11-24(34)12-9-22)39-32(44)33(37)14-5-4-6-15-33/h8-13,18,25,28-29H,3-7,14-17,19-21,37H2,1-2H3,(H,38,42)(H,39,44). The lowest BCUT2D eigenvalue weighted by molar-refractivity contribution is -0.143. The summed E-state index contributed by atoms with van der Waals surface area (Å²) >= 11 is 0. The zero-order chi connectivity index (χ0) is 31.9. The fourth-order valence-corrected chi connectivity index (χ4v) is 6.45. The Kier molecular flexibility index (Phi) is 11.4. The van der Waals surface area contributed by atoms with Crippen molar-refractivity contribution in [1.29, 1.82) is 0 Å². The van der Waals surface area contributed by atoms with Crippen LogP contribution in [0.25, 0.3) is 0 Å².